The normalized spacial score (nSPS) is 13.8. The van der Waals surface area contributed by atoms with Gasteiger partial charge in [0.2, 0.25) is 0 Å². The van der Waals surface area contributed by atoms with Gasteiger partial charge in [0, 0.05) is 0 Å². The van der Waals surface area contributed by atoms with Gasteiger partial charge in [0.15, 0.2) is 0 Å². The van der Waals surface area contributed by atoms with Crippen LogP contribution in [0.1, 0.15) is 25.8 Å². The molecule has 0 radical (unpaired) electrons. The maximum Gasteiger partial charge on any atom is 0.313 e. The van der Waals surface area contributed by atoms with Gasteiger partial charge < -0.3 is 5.11 Å². The number of carboxylic acids is 1. The van der Waals surface area contributed by atoms with E-state index in [1.54, 1.807) is 6.92 Å². The molecular formula is C17H18O2. The summed E-state index contributed by atoms with van der Waals surface area (Å²) in [6.45, 7) is 3.70. The van der Waals surface area contributed by atoms with Crippen molar-refractivity contribution in [1.29, 1.82) is 0 Å². The molecule has 0 fully saturated rings. The molecule has 2 rings (SSSR count). The number of hydrogen-bond acceptors (Lipinski definition) is 1. The molecular weight excluding hydrogens is 236 g/mol. The van der Waals surface area contributed by atoms with Gasteiger partial charge in [-0.25, -0.2) is 0 Å². The fourth-order valence-corrected chi connectivity index (χ4v) is 2.29. The summed E-state index contributed by atoms with van der Waals surface area (Å²) in [6, 6.07) is 17.7. The first-order chi connectivity index (χ1) is 9.09. The second-order valence-corrected chi connectivity index (χ2v) is 4.90. The molecule has 1 unspecified atom stereocenters. The average Bonchev–Trinajstić information content (AvgIpc) is 2.47. The van der Waals surface area contributed by atoms with Crippen LogP contribution >= 0.6 is 0 Å². The first-order valence-corrected chi connectivity index (χ1v) is 6.48. The molecule has 0 saturated heterocycles. The third kappa shape index (κ3) is 2.39. The molecule has 19 heavy (non-hydrogen) atoms. The van der Waals surface area contributed by atoms with Gasteiger partial charge in [-0.2, -0.15) is 0 Å². The molecule has 2 aromatic carbocycles. The van der Waals surface area contributed by atoms with Crippen LogP contribution in [0.3, 0.4) is 0 Å². The number of carboxylic acid groups (broad SMARTS) is 1. The standard InChI is InChI=1S/C17H18O2/c1-3-17(2,16(18)19)15-12-8-7-11-14(15)13-9-5-4-6-10-13/h4-12H,3H2,1-2H3,(H,18,19). The minimum atomic E-state index is -0.855. The molecule has 1 atom stereocenters. The van der Waals surface area contributed by atoms with Crippen LogP contribution in [0, 0.1) is 0 Å². The van der Waals surface area contributed by atoms with Crippen molar-refractivity contribution in [3.05, 3.63) is 60.2 Å². The highest BCUT2D eigenvalue weighted by Crippen LogP contribution is 2.35. The Labute approximate surface area is 113 Å². The SMILES string of the molecule is CCC(C)(C(=O)O)c1ccccc1-c1ccccc1. The van der Waals surface area contributed by atoms with Crippen molar-refractivity contribution < 1.29 is 9.90 Å². The van der Waals surface area contributed by atoms with Crippen LogP contribution in [-0.2, 0) is 10.2 Å². The van der Waals surface area contributed by atoms with Crippen molar-refractivity contribution in [2.75, 3.05) is 0 Å². The number of hydrogen-bond donors (Lipinski definition) is 1. The molecule has 0 saturated carbocycles. The zero-order chi connectivity index (χ0) is 13.9. The lowest BCUT2D eigenvalue weighted by Crippen LogP contribution is -2.32. The molecule has 0 aromatic heterocycles. The molecule has 0 aliphatic rings. The lowest BCUT2D eigenvalue weighted by atomic mass is 9.76. The van der Waals surface area contributed by atoms with Gasteiger partial charge in [-0.3, -0.25) is 4.79 Å². The summed E-state index contributed by atoms with van der Waals surface area (Å²) in [4.78, 5) is 11.6. The molecule has 0 bridgehead atoms. The Bertz CT molecular complexity index is 575. The van der Waals surface area contributed by atoms with Gasteiger partial charge in [0.25, 0.3) is 0 Å². The maximum absolute atomic E-state index is 11.6. The minimum Gasteiger partial charge on any atom is -0.481 e. The molecule has 0 aliphatic carbocycles. The van der Waals surface area contributed by atoms with Gasteiger partial charge in [-0.05, 0) is 30.0 Å². The van der Waals surface area contributed by atoms with Crippen molar-refractivity contribution in [3.63, 3.8) is 0 Å². The quantitative estimate of drug-likeness (QED) is 0.891. The Hall–Kier alpha value is -2.09. The zero-order valence-corrected chi connectivity index (χ0v) is 11.3. The summed E-state index contributed by atoms with van der Waals surface area (Å²) in [5.41, 5.74) is 2.07. The summed E-state index contributed by atoms with van der Waals surface area (Å²) in [5.74, 6) is -0.779. The van der Waals surface area contributed by atoms with Crippen LogP contribution in [0.2, 0.25) is 0 Å². The molecule has 2 aromatic rings. The molecule has 0 aliphatic heterocycles. The van der Waals surface area contributed by atoms with E-state index in [1.165, 1.54) is 0 Å². The Morgan fingerprint density at radius 2 is 1.63 bits per heavy atom. The topological polar surface area (TPSA) is 37.3 Å². The summed E-state index contributed by atoms with van der Waals surface area (Å²) in [7, 11) is 0. The van der Waals surface area contributed by atoms with Crippen LogP contribution in [0.5, 0.6) is 0 Å². The zero-order valence-electron chi connectivity index (χ0n) is 11.3. The van der Waals surface area contributed by atoms with E-state index < -0.39 is 11.4 Å². The Morgan fingerprint density at radius 1 is 1.05 bits per heavy atom. The molecule has 0 amide bonds. The summed E-state index contributed by atoms with van der Waals surface area (Å²) in [5, 5.41) is 9.56. The number of rotatable bonds is 4. The lowest BCUT2D eigenvalue weighted by molar-refractivity contribution is -0.143. The molecule has 0 spiro atoms. The number of carbonyl (C=O) groups is 1. The fourth-order valence-electron chi connectivity index (χ4n) is 2.29. The van der Waals surface area contributed by atoms with Crippen molar-refractivity contribution in [3.8, 4) is 11.1 Å². The average molecular weight is 254 g/mol. The van der Waals surface area contributed by atoms with Crippen molar-refractivity contribution in [1.82, 2.24) is 0 Å². The first-order valence-electron chi connectivity index (χ1n) is 6.48. The highest BCUT2D eigenvalue weighted by molar-refractivity contribution is 5.85. The van der Waals surface area contributed by atoms with Gasteiger partial charge in [-0.15, -0.1) is 0 Å². The highest BCUT2D eigenvalue weighted by Gasteiger charge is 2.35. The van der Waals surface area contributed by atoms with Crippen LogP contribution in [0.25, 0.3) is 11.1 Å². The lowest BCUT2D eigenvalue weighted by Gasteiger charge is -2.26. The van der Waals surface area contributed by atoms with Gasteiger partial charge in [0.1, 0.15) is 0 Å². The van der Waals surface area contributed by atoms with E-state index in [0.717, 1.165) is 16.7 Å². The van der Waals surface area contributed by atoms with E-state index in [1.807, 2.05) is 61.5 Å². The van der Waals surface area contributed by atoms with E-state index in [4.69, 9.17) is 0 Å². The van der Waals surface area contributed by atoms with Gasteiger partial charge in [-0.1, -0.05) is 61.5 Å². The van der Waals surface area contributed by atoms with E-state index in [9.17, 15) is 9.90 Å². The second kappa shape index (κ2) is 5.27. The Kier molecular flexibility index (Phi) is 3.70. The van der Waals surface area contributed by atoms with Crippen molar-refractivity contribution in [2.45, 2.75) is 25.7 Å². The summed E-state index contributed by atoms with van der Waals surface area (Å²) < 4.78 is 0. The van der Waals surface area contributed by atoms with Gasteiger partial charge in [0.05, 0.1) is 5.41 Å². The summed E-state index contributed by atoms with van der Waals surface area (Å²) in [6.07, 6.45) is 0.562. The predicted octanol–water partition coefficient (Wildman–Crippen LogP) is 4.11. The third-order valence-electron chi connectivity index (χ3n) is 3.79. The molecule has 2 nitrogen and oxygen atoms in total. The van der Waals surface area contributed by atoms with E-state index in [2.05, 4.69) is 0 Å². The van der Waals surface area contributed by atoms with Crippen LogP contribution < -0.4 is 0 Å². The molecule has 0 heterocycles. The molecule has 1 N–H and O–H groups in total. The van der Waals surface area contributed by atoms with Crippen LogP contribution in [-0.4, -0.2) is 11.1 Å². The van der Waals surface area contributed by atoms with Crippen LogP contribution in [0.4, 0.5) is 0 Å². The largest absolute Gasteiger partial charge is 0.481 e. The van der Waals surface area contributed by atoms with E-state index in [0.29, 0.717) is 6.42 Å². The molecule has 2 heteroatoms. The van der Waals surface area contributed by atoms with Gasteiger partial charge >= 0.3 is 5.97 Å². The van der Waals surface area contributed by atoms with Crippen molar-refractivity contribution >= 4 is 5.97 Å². The second-order valence-electron chi connectivity index (χ2n) is 4.90. The maximum atomic E-state index is 11.6. The van der Waals surface area contributed by atoms with Crippen molar-refractivity contribution in [2.24, 2.45) is 0 Å². The van der Waals surface area contributed by atoms with E-state index in [-0.39, 0.29) is 0 Å². The first kappa shape index (κ1) is 13.3. The number of aliphatic carboxylic acids is 1. The minimum absolute atomic E-state index is 0.562. The number of benzene rings is 2. The molecule has 98 valence electrons. The Balaban J connectivity index is 2.63. The fraction of sp³-hybridized carbons (Fsp3) is 0.235. The highest BCUT2D eigenvalue weighted by atomic mass is 16.4. The van der Waals surface area contributed by atoms with Crippen LogP contribution in [0.15, 0.2) is 54.6 Å². The smallest absolute Gasteiger partial charge is 0.313 e. The third-order valence-corrected chi connectivity index (χ3v) is 3.79. The van der Waals surface area contributed by atoms with E-state index >= 15 is 0 Å². The predicted molar refractivity (Wildman–Crippen MR) is 77.2 cm³/mol. The monoisotopic (exact) mass is 254 g/mol. The summed E-state index contributed by atoms with van der Waals surface area (Å²) >= 11 is 0. The Morgan fingerprint density at radius 3 is 2.21 bits per heavy atom.